The number of ether oxygens (including phenoxy) is 2. The number of aryl methyl sites for hydroxylation is 1. The predicted molar refractivity (Wildman–Crippen MR) is 176 cm³/mol. The first kappa shape index (κ1) is 34.6. The zero-order valence-electron chi connectivity index (χ0n) is 27.5. The third-order valence-corrected chi connectivity index (χ3v) is 7.28. The van der Waals surface area contributed by atoms with Crippen molar-refractivity contribution in [2.24, 2.45) is 7.05 Å². The summed E-state index contributed by atoms with van der Waals surface area (Å²) in [7, 11) is 1.73. The number of piperidine rings is 1. The molecular formula is C35H41N5O7. The highest BCUT2D eigenvalue weighted by molar-refractivity contribution is 5.98. The highest BCUT2D eigenvalue weighted by Gasteiger charge is 2.35. The third-order valence-electron chi connectivity index (χ3n) is 7.28. The van der Waals surface area contributed by atoms with Crippen LogP contribution in [0.4, 0.5) is 10.5 Å². The molecule has 0 bridgehead atoms. The van der Waals surface area contributed by atoms with E-state index in [0.29, 0.717) is 41.0 Å². The van der Waals surface area contributed by atoms with Crippen molar-refractivity contribution in [2.45, 2.75) is 71.6 Å². The van der Waals surface area contributed by atoms with Crippen LogP contribution in [-0.4, -0.2) is 74.5 Å². The molecular weight excluding hydrogens is 602 g/mol. The number of phenolic OH excluding ortho intramolecular Hbond substituents is 1. The fourth-order valence-electron chi connectivity index (χ4n) is 5.11. The molecule has 1 fully saturated rings. The number of alkyl carbamates (subject to hydrolysis) is 1. The molecule has 2 atom stereocenters. The van der Waals surface area contributed by atoms with Gasteiger partial charge in [-0.2, -0.15) is 5.10 Å². The zero-order valence-corrected chi connectivity index (χ0v) is 27.5. The van der Waals surface area contributed by atoms with Gasteiger partial charge in [0.25, 0.3) is 0 Å². The van der Waals surface area contributed by atoms with E-state index in [1.54, 1.807) is 76.8 Å². The molecule has 0 aliphatic carbocycles. The van der Waals surface area contributed by atoms with Gasteiger partial charge in [0.05, 0.1) is 17.7 Å². The number of amides is 3. The molecule has 4 rings (SSSR count). The summed E-state index contributed by atoms with van der Waals surface area (Å²) in [4.78, 5) is 52.5. The number of nitrogens with zero attached hydrogens (tertiary/aromatic N) is 3. The summed E-state index contributed by atoms with van der Waals surface area (Å²) in [6.45, 7) is 9.15. The van der Waals surface area contributed by atoms with E-state index in [1.165, 1.54) is 23.1 Å². The zero-order chi connectivity index (χ0) is 34.3. The van der Waals surface area contributed by atoms with Gasteiger partial charge in [0.2, 0.25) is 11.8 Å². The summed E-state index contributed by atoms with van der Waals surface area (Å²) in [5, 5.41) is 20.4. The minimum absolute atomic E-state index is 0.0492. The highest BCUT2D eigenvalue weighted by Crippen LogP contribution is 2.31. The lowest BCUT2D eigenvalue weighted by molar-refractivity contribution is -0.141. The number of likely N-dealkylation sites (tertiary alicyclic amines) is 1. The van der Waals surface area contributed by atoms with Crippen LogP contribution in [-0.2, 0) is 26.1 Å². The van der Waals surface area contributed by atoms with E-state index in [2.05, 4.69) is 27.6 Å². The van der Waals surface area contributed by atoms with E-state index in [-0.39, 0.29) is 29.7 Å². The van der Waals surface area contributed by atoms with Crippen LogP contribution in [0.15, 0.2) is 48.7 Å². The van der Waals surface area contributed by atoms with Crippen molar-refractivity contribution in [1.82, 2.24) is 20.0 Å². The van der Waals surface area contributed by atoms with Gasteiger partial charge in [-0.15, -0.1) is 0 Å². The van der Waals surface area contributed by atoms with Gasteiger partial charge in [-0.05, 0) is 96.3 Å². The number of carbonyl (C=O) groups is 4. The van der Waals surface area contributed by atoms with Crippen molar-refractivity contribution in [1.29, 1.82) is 0 Å². The van der Waals surface area contributed by atoms with Crippen molar-refractivity contribution in [3.8, 4) is 28.8 Å². The molecule has 2 aromatic carbocycles. The first-order valence-corrected chi connectivity index (χ1v) is 15.5. The second-order valence-electron chi connectivity index (χ2n) is 12.2. The van der Waals surface area contributed by atoms with Crippen LogP contribution < -0.4 is 10.6 Å². The molecule has 3 aromatic rings. The standard InChI is InChI=1S/C35H41N5O7/c1-7-46-33(44)24-15-18-29(41)27(20-24)30-25(21-39(6)38-30)14-11-23-12-16-26(17-13-23)37-31(42)28-10-8-9-19-40(28)32(43)22(2)36-34(45)47-35(3,4)5/h12-13,15-18,20-22,28,41H,7-10,19H2,1-6H3,(H,36,45)(H,37,42)/t22-,28+/m1/s1. The molecule has 1 aromatic heterocycles. The Morgan fingerprint density at radius 1 is 1.09 bits per heavy atom. The average molecular weight is 644 g/mol. The molecule has 3 amide bonds. The van der Waals surface area contributed by atoms with E-state index in [1.807, 2.05) is 0 Å². The largest absolute Gasteiger partial charge is 0.507 e. The van der Waals surface area contributed by atoms with E-state index < -0.39 is 29.7 Å². The fourth-order valence-corrected chi connectivity index (χ4v) is 5.11. The summed E-state index contributed by atoms with van der Waals surface area (Å²) < 4.78 is 11.9. The van der Waals surface area contributed by atoms with Crippen LogP contribution >= 0.6 is 0 Å². The maximum absolute atomic E-state index is 13.3. The minimum Gasteiger partial charge on any atom is -0.507 e. The van der Waals surface area contributed by atoms with Crippen LogP contribution in [0.3, 0.4) is 0 Å². The Kier molecular flexibility index (Phi) is 10.9. The van der Waals surface area contributed by atoms with Crippen LogP contribution in [0.25, 0.3) is 11.3 Å². The quantitative estimate of drug-likeness (QED) is 0.250. The third kappa shape index (κ3) is 9.13. The van der Waals surface area contributed by atoms with Gasteiger partial charge in [-0.25, -0.2) is 9.59 Å². The second-order valence-corrected chi connectivity index (χ2v) is 12.2. The summed E-state index contributed by atoms with van der Waals surface area (Å²) in [5.74, 6) is 4.95. The number of carbonyl (C=O) groups excluding carboxylic acids is 4. The Morgan fingerprint density at radius 2 is 1.81 bits per heavy atom. The van der Waals surface area contributed by atoms with Crippen molar-refractivity contribution < 1.29 is 33.8 Å². The number of hydrogen-bond donors (Lipinski definition) is 3. The van der Waals surface area contributed by atoms with Gasteiger partial charge in [0, 0.05) is 36.6 Å². The fraction of sp³-hybridized carbons (Fsp3) is 0.400. The lowest BCUT2D eigenvalue weighted by Crippen LogP contribution is -2.56. The Bertz CT molecular complexity index is 1700. The SMILES string of the molecule is CCOC(=O)c1ccc(O)c(-c2nn(C)cc2C#Cc2ccc(NC(=O)[C@@H]3CCCCN3C(=O)[C@@H](C)NC(=O)OC(C)(C)C)cc2)c1. The molecule has 12 nitrogen and oxygen atoms in total. The molecule has 0 unspecified atom stereocenters. The Labute approximate surface area is 274 Å². The average Bonchev–Trinajstić information content (AvgIpc) is 3.39. The summed E-state index contributed by atoms with van der Waals surface area (Å²) >= 11 is 0. The lowest BCUT2D eigenvalue weighted by atomic mass is 10.00. The number of nitrogens with one attached hydrogen (secondary N) is 2. The maximum atomic E-state index is 13.3. The number of anilines is 1. The molecule has 1 saturated heterocycles. The van der Waals surface area contributed by atoms with E-state index in [4.69, 9.17) is 9.47 Å². The molecule has 1 aliphatic rings. The van der Waals surface area contributed by atoms with Gasteiger partial charge in [0.15, 0.2) is 0 Å². The number of benzene rings is 2. The number of aromatic hydroxyl groups is 1. The van der Waals surface area contributed by atoms with E-state index in [9.17, 15) is 24.3 Å². The Balaban J connectivity index is 1.44. The topological polar surface area (TPSA) is 152 Å². The molecule has 1 aliphatic heterocycles. The smallest absolute Gasteiger partial charge is 0.408 e. The van der Waals surface area contributed by atoms with Crippen LogP contribution in [0.1, 0.15) is 75.4 Å². The van der Waals surface area contributed by atoms with E-state index in [0.717, 1.165) is 12.8 Å². The first-order chi connectivity index (χ1) is 22.3. The molecule has 248 valence electrons. The van der Waals surface area contributed by atoms with Gasteiger partial charge < -0.3 is 30.1 Å². The molecule has 0 saturated carbocycles. The monoisotopic (exact) mass is 643 g/mol. The normalized spacial score (nSPS) is 15.1. The molecule has 12 heteroatoms. The first-order valence-electron chi connectivity index (χ1n) is 15.5. The number of aromatic nitrogens is 2. The summed E-state index contributed by atoms with van der Waals surface area (Å²) in [6.07, 6.45) is 3.09. The van der Waals surface area contributed by atoms with Gasteiger partial charge in [-0.1, -0.05) is 11.8 Å². The van der Waals surface area contributed by atoms with Gasteiger partial charge in [0.1, 0.15) is 29.1 Å². The number of rotatable bonds is 7. The molecule has 47 heavy (non-hydrogen) atoms. The lowest BCUT2D eigenvalue weighted by Gasteiger charge is -2.36. The van der Waals surface area contributed by atoms with Crippen molar-refractivity contribution in [3.05, 3.63) is 65.4 Å². The predicted octanol–water partition coefficient (Wildman–Crippen LogP) is 4.60. The van der Waals surface area contributed by atoms with Gasteiger partial charge in [-0.3, -0.25) is 14.3 Å². The number of hydrogen-bond acceptors (Lipinski definition) is 8. The number of phenols is 1. The highest BCUT2D eigenvalue weighted by atomic mass is 16.6. The number of esters is 1. The summed E-state index contributed by atoms with van der Waals surface area (Å²) in [5.41, 5.74) is 2.10. The Morgan fingerprint density at radius 3 is 2.49 bits per heavy atom. The second kappa shape index (κ2) is 14.9. The molecule has 0 radical (unpaired) electrons. The van der Waals surface area contributed by atoms with Crippen molar-refractivity contribution >= 4 is 29.6 Å². The molecule has 2 heterocycles. The van der Waals surface area contributed by atoms with Gasteiger partial charge >= 0.3 is 12.1 Å². The van der Waals surface area contributed by atoms with Crippen molar-refractivity contribution in [2.75, 3.05) is 18.5 Å². The minimum atomic E-state index is -0.859. The van der Waals surface area contributed by atoms with Crippen LogP contribution in [0, 0.1) is 11.8 Å². The van der Waals surface area contributed by atoms with Crippen molar-refractivity contribution in [3.63, 3.8) is 0 Å². The molecule has 0 spiro atoms. The van der Waals surface area contributed by atoms with E-state index >= 15 is 0 Å². The maximum Gasteiger partial charge on any atom is 0.408 e. The van der Waals surface area contributed by atoms with Crippen LogP contribution in [0.5, 0.6) is 5.75 Å². The molecule has 3 N–H and O–H groups in total. The Hall–Kier alpha value is -5.31. The van der Waals surface area contributed by atoms with Crippen LogP contribution in [0.2, 0.25) is 0 Å². The summed E-state index contributed by atoms with van der Waals surface area (Å²) in [6, 6.07) is 9.86.